The lowest BCUT2D eigenvalue weighted by Crippen LogP contribution is -2.42. The lowest BCUT2D eigenvalue weighted by Gasteiger charge is -2.39. The molecule has 0 N–H and O–H groups in total. The van der Waals surface area contributed by atoms with Crippen LogP contribution < -0.4 is 0 Å². The third kappa shape index (κ3) is 4.55. The van der Waals surface area contributed by atoms with Gasteiger partial charge in [0.15, 0.2) is 0 Å². The molecule has 0 aromatic carbocycles. The van der Waals surface area contributed by atoms with Crippen molar-refractivity contribution in [2.24, 2.45) is 11.3 Å². The summed E-state index contributed by atoms with van der Waals surface area (Å²) in [4.78, 5) is 2.58. The Morgan fingerprint density at radius 3 is 2.00 bits per heavy atom. The Morgan fingerprint density at radius 2 is 1.59 bits per heavy atom. The second-order valence-electron chi connectivity index (χ2n) is 6.45. The largest absolute Gasteiger partial charge is 0.303 e. The summed E-state index contributed by atoms with van der Waals surface area (Å²) in [5, 5.41) is 1.18. The predicted molar refractivity (Wildman–Crippen MR) is 80.9 cm³/mol. The molecule has 2 heteroatoms. The average Bonchev–Trinajstić information content (AvgIpc) is 2.54. The van der Waals surface area contributed by atoms with Gasteiger partial charge in [0.1, 0.15) is 0 Å². The highest BCUT2D eigenvalue weighted by molar-refractivity contribution is 9.09. The van der Waals surface area contributed by atoms with E-state index in [-0.39, 0.29) is 0 Å². The maximum absolute atomic E-state index is 3.79. The van der Waals surface area contributed by atoms with E-state index in [0.717, 1.165) is 5.92 Å². The van der Waals surface area contributed by atoms with E-state index in [1.54, 1.807) is 0 Å². The summed E-state index contributed by atoms with van der Waals surface area (Å²) in [5.74, 6) is 0.748. The minimum Gasteiger partial charge on any atom is -0.303 e. The highest BCUT2D eigenvalue weighted by Gasteiger charge is 2.32. The third-order valence-electron chi connectivity index (χ3n) is 4.69. The molecule has 1 saturated carbocycles. The molecule has 1 rings (SSSR count). The van der Waals surface area contributed by atoms with Crippen molar-refractivity contribution < 1.29 is 0 Å². The van der Waals surface area contributed by atoms with Gasteiger partial charge >= 0.3 is 0 Å². The Balaban J connectivity index is 2.60. The van der Waals surface area contributed by atoms with E-state index in [4.69, 9.17) is 0 Å². The summed E-state index contributed by atoms with van der Waals surface area (Å²) in [6.45, 7) is 8.28. The van der Waals surface area contributed by atoms with Gasteiger partial charge in [-0.1, -0.05) is 55.5 Å². The number of rotatable bonds is 5. The summed E-state index contributed by atoms with van der Waals surface area (Å²) in [6.07, 6.45) is 8.56. The number of hydrogen-bond donors (Lipinski definition) is 0. The molecule has 0 aromatic heterocycles. The first-order valence-corrected chi connectivity index (χ1v) is 8.39. The van der Waals surface area contributed by atoms with E-state index >= 15 is 0 Å². The quantitative estimate of drug-likeness (QED) is 0.526. The van der Waals surface area contributed by atoms with Crippen LogP contribution in [0, 0.1) is 11.3 Å². The normalized spacial score (nSPS) is 22.8. The lowest BCUT2D eigenvalue weighted by atomic mass is 9.81. The molecule has 0 aromatic rings. The maximum Gasteiger partial charge on any atom is 0.0100 e. The van der Waals surface area contributed by atoms with Gasteiger partial charge in [-0.15, -0.1) is 0 Å². The molecule has 1 fully saturated rings. The van der Waals surface area contributed by atoms with Crippen molar-refractivity contribution in [3.63, 3.8) is 0 Å². The Bertz CT molecular complexity index is 207. The molecule has 0 bridgehead atoms. The summed E-state index contributed by atoms with van der Waals surface area (Å²) in [6, 6.07) is 0.689. The highest BCUT2D eigenvalue weighted by atomic mass is 79.9. The summed E-state index contributed by atoms with van der Waals surface area (Å²) < 4.78 is 0. The fourth-order valence-electron chi connectivity index (χ4n) is 2.99. The Morgan fingerprint density at radius 1 is 1.06 bits per heavy atom. The first kappa shape index (κ1) is 15.5. The molecule has 1 nitrogen and oxygen atoms in total. The van der Waals surface area contributed by atoms with Crippen molar-refractivity contribution in [3.05, 3.63) is 0 Å². The molecular formula is C15H30BrN. The molecule has 0 saturated heterocycles. The third-order valence-corrected chi connectivity index (χ3v) is 5.88. The smallest absolute Gasteiger partial charge is 0.0100 e. The molecular weight excluding hydrogens is 274 g/mol. The zero-order chi connectivity index (χ0) is 12.9. The molecule has 0 heterocycles. The van der Waals surface area contributed by atoms with Crippen LogP contribution in [0.2, 0.25) is 0 Å². The molecule has 1 aliphatic carbocycles. The SMILES string of the molecule is CC(C)C(C)N(C)CC1(CBr)CCCCCC1. The molecule has 17 heavy (non-hydrogen) atoms. The Kier molecular flexibility index (Phi) is 6.50. The van der Waals surface area contributed by atoms with Crippen LogP contribution in [0.4, 0.5) is 0 Å². The van der Waals surface area contributed by atoms with Crippen molar-refractivity contribution in [3.8, 4) is 0 Å². The number of nitrogens with zero attached hydrogens (tertiary/aromatic N) is 1. The second kappa shape index (κ2) is 7.13. The Labute approximate surface area is 116 Å². The maximum atomic E-state index is 3.79. The standard InChI is InChI=1S/C15H30BrN/c1-13(2)14(3)17(4)12-15(11-16)9-7-5-6-8-10-15/h13-14H,5-12H2,1-4H3. The van der Waals surface area contributed by atoms with Gasteiger partial charge in [-0.25, -0.2) is 0 Å². The van der Waals surface area contributed by atoms with Crippen LogP contribution >= 0.6 is 15.9 Å². The molecule has 0 aliphatic heterocycles. The van der Waals surface area contributed by atoms with E-state index in [1.807, 2.05) is 0 Å². The van der Waals surface area contributed by atoms with E-state index < -0.39 is 0 Å². The Hall–Kier alpha value is 0.440. The average molecular weight is 304 g/mol. The van der Waals surface area contributed by atoms with Gasteiger partial charge in [0.2, 0.25) is 0 Å². The zero-order valence-electron chi connectivity index (χ0n) is 12.1. The predicted octanol–water partition coefficient (Wildman–Crippen LogP) is 4.70. The molecule has 1 unspecified atom stereocenters. The number of halogens is 1. The van der Waals surface area contributed by atoms with E-state index in [0.29, 0.717) is 11.5 Å². The van der Waals surface area contributed by atoms with Crippen LogP contribution in [-0.4, -0.2) is 29.9 Å². The van der Waals surface area contributed by atoms with Crippen molar-refractivity contribution in [2.45, 2.75) is 65.3 Å². The molecule has 102 valence electrons. The zero-order valence-corrected chi connectivity index (χ0v) is 13.7. The molecule has 0 amide bonds. The summed E-state index contributed by atoms with van der Waals surface area (Å²) in [5.41, 5.74) is 0.536. The number of hydrogen-bond acceptors (Lipinski definition) is 1. The minimum atomic E-state index is 0.536. The van der Waals surface area contributed by atoms with Crippen molar-refractivity contribution in [2.75, 3.05) is 18.9 Å². The summed E-state index contributed by atoms with van der Waals surface area (Å²) in [7, 11) is 2.31. The van der Waals surface area contributed by atoms with Crippen LogP contribution in [0.1, 0.15) is 59.3 Å². The van der Waals surface area contributed by atoms with Gasteiger partial charge in [-0.3, -0.25) is 0 Å². The topological polar surface area (TPSA) is 3.24 Å². The van der Waals surface area contributed by atoms with Gasteiger partial charge in [0, 0.05) is 17.9 Å². The first-order chi connectivity index (χ1) is 8.01. The van der Waals surface area contributed by atoms with Gasteiger partial charge < -0.3 is 4.90 Å². The van der Waals surface area contributed by atoms with Crippen molar-refractivity contribution >= 4 is 15.9 Å². The van der Waals surface area contributed by atoms with Crippen LogP contribution in [0.5, 0.6) is 0 Å². The number of alkyl halides is 1. The highest BCUT2D eigenvalue weighted by Crippen LogP contribution is 2.37. The van der Waals surface area contributed by atoms with Crippen LogP contribution in [0.25, 0.3) is 0 Å². The monoisotopic (exact) mass is 303 g/mol. The van der Waals surface area contributed by atoms with E-state index in [2.05, 4.69) is 48.6 Å². The fraction of sp³-hybridized carbons (Fsp3) is 1.00. The first-order valence-electron chi connectivity index (χ1n) is 7.27. The minimum absolute atomic E-state index is 0.536. The lowest BCUT2D eigenvalue weighted by molar-refractivity contribution is 0.122. The second-order valence-corrected chi connectivity index (χ2v) is 7.01. The van der Waals surface area contributed by atoms with Gasteiger partial charge in [-0.05, 0) is 38.1 Å². The van der Waals surface area contributed by atoms with Crippen molar-refractivity contribution in [1.29, 1.82) is 0 Å². The molecule has 1 aliphatic rings. The van der Waals surface area contributed by atoms with Crippen LogP contribution in [0.15, 0.2) is 0 Å². The van der Waals surface area contributed by atoms with Crippen LogP contribution in [-0.2, 0) is 0 Å². The fourth-order valence-corrected chi connectivity index (χ4v) is 3.73. The van der Waals surface area contributed by atoms with Gasteiger partial charge in [-0.2, -0.15) is 0 Å². The summed E-state index contributed by atoms with van der Waals surface area (Å²) >= 11 is 3.79. The molecule has 0 spiro atoms. The van der Waals surface area contributed by atoms with Crippen molar-refractivity contribution in [1.82, 2.24) is 4.90 Å². The van der Waals surface area contributed by atoms with E-state index in [1.165, 1.54) is 50.4 Å². The van der Waals surface area contributed by atoms with Gasteiger partial charge in [0.25, 0.3) is 0 Å². The van der Waals surface area contributed by atoms with Gasteiger partial charge in [0.05, 0.1) is 0 Å². The molecule has 1 atom stereocenters. The van der Waals surface area contributed by atoms with Crippen LogP contribution in [0.3, 0.4) is 0 Å². The van der Waals surface area contributed by atoms with E-state index in [9.17, 15) is 0 Å². The molecule has 0 radical (unpaired) electrons.